The molecule has 0 radical (unpaired) electrons. The lowest BCUT2D eigenvalue weighted by molar-refractivity contribution is -0.172. The summed E-state index contributed by atoms with van der Waals surface area (Å²) in [5.74, 6) is 7.85. The zero-order valence-corrected chi connectivity index (χ0v) is 28.6. The lowest BCUT2D eigenvalue weighted by Gasteiger charge is -2.29. The fourth-order valence-electron chi connectivity index (χ4n) is 6.16. The lowest BCUT2D eigenvalue weighted by Crippen LogP contribution is -2.42. The van der Waals surface area contributed by atoms with Crippen molar-refractivity contribution in [1.82, 2.24) is 0 Å². The molecule has 6 nitrogen and oxygen atoms in total. The van der Waals surface area contributed by atoms with Gasteiger partial charge in [-0.05, 0) is 93.7 Å². The van der Waals surface area contributed by atoms with Gasteiger partial charge in [0.25, 0.3) is 0 Å². The molecule has 0 unspecified atom stereocenters. The van der Waals surface area contributed by atoms with Gasteiger partial charge in [0.1, 0.15) is 18.0 Å². The number of rotatable bonds is 13. The van der Waals surface area contributed by atoms with Crippen molar-refractivity contribution in [2.45, 2.75) is 92.6 Å². The molecule has 2 atom stereocenters. The second kappa shape index (κ2) is 15.2. The van der Waals surface area contributed by atoms with E-state index < -0.39 is 29.6 Å². The van der Waals surface area contributed by atoms with Crippen molar-refractivity contribution in [3.05, 3.63) is 82.6 Å². The number of aryl methyl sites for hydroxylation is 1. The van der Waals surface area contributed by atoms with Gasteiger partial charge in [0.2, 0.25) is 0 Å². The molecule has 4 rings (SSSR count). The molecule has 246 valence electrons. The smallest absolute Gasteiger partial charge is 0.334 e. The van der Waals surface area contributed by atoms with Crippen LogP contribution in [0.3, 0.4) is 0 Å². The highest BCUT2D eigenvalue weighted by Crippen LogP contribution is 2.36. The van der Waals surface area contributed by atoms with Crippen LogP contribution in [0.1, 0.15) is 96.1 Å². The second-order valence-electron chi connectivity index (χ2n) is 14.2. The Morgan fingerprint density at radius 3 is 2.33 bits per heavy atom. The van der Waals surface area contributed by atoms with Gasteiger partial charge in [0.15, 0.2) is 5.60 Å². The number of carbonyl (C=O) groups excluding carboxylic acids is 2. The molecule has 1 aromatic heterocycles. The monoisotopic (exact) mass is 626 g/mol. The first-order valence-electron chi connectivity index (χ1n) is 16.7. The molecule has 3 aromatic rings. The van der Waals surface area contributed by atoms with Crippen LogP contribution in [-0.2, 0) is 25.5 Å². The summed E-state index contributed by atoms with van der Waals surface area (Å²) in [6.07, 6.45) is 6.00. The van der Waals surface area contributed by atoms with E-state index >= 15 is 0 Å². The Morgan fingerprint density at radius 2 is 1.70 bits per heavy atom. The van der Waals surface area contributed by atoms with Gasteiger partial charge >= 0.3 is 11.9 Å². The second-order valence-corrected chi connectivity index (χ2v) is 14.2. The number of allylic oxidation sites excluding steroid dienone is 1. The van der Waals surface area contributed by atoms with Gasteiger partial charge in [-0.2, -0.15) is 0 Å². The Kier molecular flexibility index (Phi) is 11.6. The van der Waals surface area contributed by atoms with E-state index in [1.165, 1.54) is 5.56 Å². The van der Waals surface area contributed by atoms with Crippen LogP contribution in [0.25, 0.3) is 11.0 Å². The molecule has 2 heterocycles. The van der Waals surface area contributed by atoms with Gasteiger partial charge in [0.05, 0.1) is 12.0 Å². The molecule has 1 saturated heterocycles. The molecular weight excluding hydrogens is 576 g/mol. The first kappa shape index (κ1) is 35.0. The fraction of sp³-hybridized carbons (Fsp3) is 0.500. The summed E-state index contributed by atoms with van der Waals surface area (Å²) < 4.78 is 17.6. The number of esters is 2. The molecule has 1 aliphatic heterocycles. The molecule has 0 aliphatic carbocycles. The molecule has 6 heteroatoms. The van der Waals surface area contributed by atoms with E-state index in [0.29, 0.717) is 41.9 Å². The number of ether oxygens (including phenoxy) is 2. The fourth-order valence-corrected chi connectivity index (χ4v) is 6.16. The predicted molar refractivity (Wildman–Crippen MR) is 182 cm³/mol. The number of carbonyl (C=O) groups is 2. The maximum atomic E-state index is 13.5. The average molecular weight is 627 g/mol. The zero-order chi connectivity index (χ0) is 33.5. The van der Waals surface area contributed by atoms with Crippen molar-refractivity contribution in [3.63, 3.8) is 0 Å². The number of fused-ring (bicyclic) bond motifs is 1. The number of furan rings is 1. The Balaban J connectivity index is 1.41. The van der Waals surface area contributed by atoms with Crippen LogP contribution in [0, 0.1) is 41.9 Å². The number of benzene rings is 2. The largest absolute Gasteiger partial charge is 0.461 e. The highest BCUT2D eigenvalue weighted by Gasteiger charge is 2.46. The highest BCUT2D eigenvalue weighted by atomic mass is 16.6. The summed E-state index contributed by atoms with van der Waals surface area (Å²) in [4.78, 5) is 26.3. The number of hydrogen-bond donors (Lipinski definition) is 1. The van der Waals surface area contributed by atoms with Gasteiger partial charge in [0, 0.05) is 34.9 Å². The maximum Gasteiger partial charge on any atom is 0.334 e. The Bertz CT molecular complexity index is 1590. The third-order valence-corrected chi connectivity index (χ3v) is 8.95. The molecule has 0 bridgehead atoms. The lowest BCUT2D eigenvalue weighted by atomic mass is 9.83. The number of cyclic esters (lactones) is 1. The van der Waals surface area contributed by atoms with Crippen molar-refractivity contribution in [1.29, 1.82) is 0 Å². The van der Waals surface area contributed by atoms with Crippen molar-refractivity contribution < 1.29 is 28.6 Å². The Labute approximate surface area is 274 Å². The minimum absolute atomic E-state index is 0.203. The number of hydrogen-bond acceptors (Lipinski definition) is 6. The van der Waals surface area contributed by atoms with Gasteiger partial charge in [-0.15, -0.1) is 0 Å². The van der Waals surface area contributed by atoms with Crippen LogP contribution < -0.4 is 0 Å². The quantitative estimate of drug-likeness (QED) is 0.117. The van der Waals surface area contributed by atoms with Crippen molar-refractivity contribution in [2.75, 3.05) is 13.2 Å². The van der Waals surface area contributed by atoms with Crippen LogP contribution in [0.5, 0.6) is 0 Å². The van der Waals surface area contributed by atoms with Crippen LogP contribution in [0.4, 0.5) is 0 Å². The maximum absolute atomic E-state index is 13.5. The van der Waals surface area contributed by atoms with Gasteiger partial charge in [-0.1, -0.05) is 70.2 Å². The Hall–Kier alpha value is -3.82. The first-order valence-corrected chi connectivity index (χ1v) is 16.7. The Morgan fingerprint density at radius 1 is 1.04 bits per heavy atom. The number of aliphatic hydroxyl groups excluding tert-OH is 1. The molecule has 0 amide bonds. The normalized spacial score (nSPS) is 18.7. The summed E-state index contributed by atoms with van der Waals surface area (Å²) in [5, 5.41) is 11.2. The first-order chi connectivity index (χ1) is 21.8. The molecular formula is C40H50O6. The van der Waals surface area contributed by atoms with E-state index in [2.05, 4.69) is 46.5 Å². The van der Waals surface area contributed by atoms with E-state index in [9.17, 15) is 14.7 Å². The van der Waals surface area contributed by atoms with Gasteiger partial charge in [-0.3, -0.25) is 4.79 Å². The predicted octanol–water partition coefficient (Wildman–Crippen LogP) is 8.35. The van der Waals surface area contributed by atoms with E-state index in [1.807, 2.05) is 68.5 Å². The van der Waals surface area contributed by atoms with Crippen LogP contribution in [0.15, 0.2) is 64.6 Å². The SMILES string of the molecule is CC[C@](C)(Cc1cc2cc(C#Cc3ccc(C)cc3)ccc2o1)C(=O)OC[C@]1(CO)C/C(=C\CC(CC(C)C)CC(C)C)C(=O)O1. The van der Waals surface area contributed by atoms with E-state index in [-0.39, 0.29) is 13.0 Å². The molecule has 0 spiro atoms. The topological polar surface area (TPSA) is 86.0 Å². The summed E-state index contributed by atoms with van der Waals surface area (Å²) in [5.41, 5.74) is 2.15. The third kappa shape index (κ3) is 9.13. The minimum atomic E-state index is -1.27. The van der Waals surface area contributed by atoms with E-state index in [4.69, 9.17) is 13.9 Å². The standard InChI is InChI=1S/C40H50O6/c1-8-39(7,24-35-22-34-21-31(16-18-36(34)45-35)14-13-30-11-9-29(6)10-12-30)38(43)44-26-40(25-41)23-33(37(42)46-40)17-15-32(19-27(2)3)20-28(4)5/h9-12,16-18,21-22,27-28,32,41H,8,15,19-20,23-26H2,1-7H3/b33-17+/t39-,40-/m1/s1. The summed E-state index contributed by atoms with van der Waals surface area (Å²) >= 11 is 0. The molecule has 46 heavy (non-hydrogen) atoms. The molecule has 1 fully saturated rings. The average Bonchev–Trinajstić information content (AvgIpc) is 3.56. The molecule has 1 N–H and O–H groups in total. The zero-order valence-electron chi connectivity index (χ0n) is 28.6. The van der Waals surface area contributed by atoms with Crippen LogP contribution in [0.2, 0.25) is 0 Å². The number of aliphatic hydroxyl groups is 1. The highest BCUT2D eigenvalue weighted by molar-refractivity contribution is 5.91. The van der Waals surface area contributed by atoms with Gasteiger partial charge in [-0.25, -0.2) is 4.79 Å². The molecule has 0 saturated carbocycles. The molecule has 1 aliphatic rings. The van der Waals surface area contributed by atoms with Crippen molar-refractivity contribution in [2.24, 2.45) is 23.2 Å². The van der Waals surface area contributed by atoms with Crippen molar-refractivity contribution in [3.8, 4) is 11.8 Å². The summed E-state index contributed by atoms with van der Waals surface area (Å²) in [6, 6.07) is 15.9. The van der Waals surface area contributed by atoms with Crippen LogP contribution >= 0.6 is 0 Å². The van der Waals surface area contributed by atoms with Gasteiger partial charge < -0.3 is 19.0 Å². The van der Waals surface area contributed by atoms with Crippen molar-refractivity contribution >= 4 is 22.9 Å². The minimum Gasteiger partial charge on any atom is -0.461 e. The third-order valence-electron chi connectivity index (χ3n) is 8.95. The summed E-state index contributed by atoms with van der Waals surface area (Å²) in [7, 11) is 0. The van der Waals surface area contributed by atoms with E-state index in [1.54, 1.807) is 0 Å². The van der Waals surface area contributed by atoms with E-state index in [0.717, 1.165) is 41.4 Å². The summed E-state index contributed by atoms with van der Waals surface area (Å²) in [6.45, 7) is 14.1. The van der Waals surface area contributed by atoms with Crippen LogP contribution in [-0.4, -0.2) is 35.9 Å². The molecule has 2 aromatic carbocycles.